The maximum atomic E-state index is 12.2. The average Bonchev–Trinajstić information content (AvgIpc) is 2.78. The first kappa shape index (κ1) is 13.1. The summed E-state index contributed by atoms with van der Waals surface area (Å²) in [5, 5.41) is 0. The summed E-state index contributed by atoms with van der Waals surface area (Å²) in [6.07, 6.45) is 4.42. The van der Waals surface area contributed by atoms with E-state index in [4.69, 9.17) is 4.74 Å². The van der Waals surface area contributed by atoms with Crippen LogP contribution in [0.3, 0.4) is 0 Å². The molecule has 0 aromatic carbocycles. The van der Waals surface area contributed by atoms with Crippen molar-refractivity contribution in [2.45, 2.75) is 52.0 Å². The topological polar surface area (TPSA) is 46.6 Å². The van der Waals surface area contributed by atoms with Crippen molar-refractivity contribution in [1.29, 1.82) is 0 Å². The highest BCUT2D eigenvalue weighted by molar-refractivity contribution is 6.18. The standard InChI is InChI=1S/C14H21NO3/c1-3-6-10-9-12(16)13(14(17)18-4-2)11-7-5-8-15(10)11/h10H,3-9H2,1-2H3/t10-/m1/s1. The van der Waals surface area contributed by atoms with Gasteiger partial charge in [-0.3, -0.25) is 4.79 Å². The van der Waals surface area contributed by atoms with E-state index in [1.54, 1.807) is 6.92 Å². The molecule has 2 aliphatic heterocycles. The molecule has 0 spiro atoms. The molecule has 0 aliphatic carbocycles. The van der Waals surface area contributed by atoms with Gasteiger partial charge in [-0.15, -0.1) is 0 Å². The molecular weight excluding hydrogens is 230 g/mol. The Labute approximate surface area is 108 Å². The lowest BCUT2D eigenvalue weighted by Gasteiger charge is -2.35. The van der Waals surface area contributed by atoms with E-state index in [0.717, 1.165) is 37.9 Å². The molecule has 0 amide bonds. The van der Waals surface area contributed by atoms with Gasteiger partial charge in [0.2, 0.25) is 0 Å². The Morgan fingerprint density at radius 2 is 2.22 bits per heavy atom. The number of carbonyl (C=O) groups excluding carboxylic acids is 2. The molecule has 100 valence electrons. The predicted molar refractivity (Wildman–Crippen MR) is 67.9 cm³/mol. The van der Waals surface area contributed by atoms with E-state index in [0.29, 0.717) is 18.6 Å². The van der Waals surface area contributed by atoms with Crippen LogP contribution in [0.4, 0.5) is 0 Å². The van der Waals surface area contributed by atoms with Crippen LogP contribution < -0.4 is 0 Å². The van der Waals surface area contributed by atoms with E-state index in [1.165, 1.54) is 0 Å². The molecule has 18 heavy (non-hydrogen) atoms. The number of hydrogen-bond acceptors (Lipinski definition) is 4. The second kappa shape index (κ2) is 5.55. The summed E-state index contributed by atoms with van der Waals surface area (Å²) in [5.74, 6) is -0.459. The summed E-state index contributed by atoms with van der Waals surface area (Å²) in [4.78, 5) is 26.3. The van der Waals surface area contributed by atoms with Gasteiger partial charge in [0.1, 0.15) is 5.57 Å². The van der Waals surface area contributed by atoms with Gasteiger partial charge in [-0.1, -0.05) is 13.3 Å². The van der Waals surface area contributed by atoms with Crippen molar-refractivity contribution < 1.29 is 14.3 Å². The minimum absolute atomic E-state index is 0.0277. The van der Waals surface area contributed by atoms with E-state index < -0.39 is 5.97 Å². The normalized spacial score (nSPS) is 23.3. The lowest BCUT2D eigenvalue weighted by molar-refractivity contribution is -0.140. The van der Waals surface area contributed by atoms with Crippen LogP contribution in [-0.4, -0.2) is 35.8 Å². The highest BCUT2D eigenvalue weighted by Crippen LogP contribution is 2.35. The molecule has 0 N–H and O–H groups in total. The number of esters is 1. The molecule has 2 rings (SSSR count). The maximum absolute atomic E-state index is 12.2. The third-order valence-corrected chi connectivity index (χ3v) is 3.69. The van der Waals surface area contributed by atoms with Crippen molar-refractivity contribution >= 4 is 11.8 Å². The average molecular weight is 251 g/mol. The molecule has 1 saturated heterocycles. The first-order valence-electron chi connectivity index (χ1n) is 6.89. The molecule has 0 aromatic heterocycles. The van der Waals surface area contributed by atoms with E-state index in [2.05, 4.69) is 11.8 Å². The number of ether oxygens (including phenoxy) is 1. The van der Waals surface area contributed by atoms with E-state index >= 15 is 0 Å². The van der Waals surface area contributed by atoms with Crippen molar-refractivity contribution in [3.63, 3.8) is 0 Å². The number of rotatable bonds is 4. The molecule has 2 aliphatic rings. The van der Waals surface area contributed by atoms with Crippen LogP contribution in [0.15, 0.2) is 11.3 Å². The van der Waals surface area contributed by atoms with Gasteiger partial charge in [0.05, 0.1) is 6.61 Å². The van der Waals surface area contributed by atoms with Gasteiger partial charge in [0.15, 0.2) is 5.78 Å². The lowest BCUT2D eigenvalue weighted by Crippen LogP contribution is -2.40. The quantitative estimate of drug-likeness (QED) is 0.566. The number of carbonyl (C=O) groups is 2. The fraction of sp³-hybridized carbons (Fsp3) is 0.714. The Morgan fingerprint density at radius 1 is 1.44 bits per heavy atom. The van der Waals surface area contributed by atoms with Crippen LogP contribution in [0.1, 0.15) is 46.0 Å². The van der Waals surface area contributed by atoms with E-state index in [1.807, 2.05) is 0 Å². The molecule has 0 saturated carbocycles. The zero-order valence-electron chi connectivity index (χ0n) is 11.2. The van der Waals surface area contributed by atoms with Crippen LogP contribution in [0.2, 0.25) is 0 Å². The fourth-order valence-electron chi connectivity index (χ4n) is 2.98. The first-order valence-corrected chi connectivity index (χ1v) is 6.89. The monoisotopic (exact) mass is 251 g/mol. The van der Waals surface area contributed by atoms with Gasteiger partial charge in [-0.05, 0) is 26.2 Å². The van der Waals surface area contributed by atoms with Crippen molar-refractivity contribution in [3.8, 4) is 0 Å². The predicted octanol–water partition coefficient (Wildman–Crippen LogP) is 2.04. The minimum Gasteiger partial charge on any atom is -0.462 e. The molecule has 0 bridgehead atoms. The summed E-state index contributed by atoms with van der Waals surface area (Å²) in [5.41, 5.74) is 1.25. The molecule has 4 nitrogen and oxygen atoms in total. The molecule has 0 radical (unpaired) electrons. The Morgan fingerprint density at radius 3 is 2.89 bits per heavy atom. The molecule has 0 unspecified atom stereocenters. The third kappa shape index (κ3) is 2.28. The lowest BCUT2D eigenvalue weighted by atomic mass is 9.93. The molecular formula is C14H21NO3. The van der Waals surface area contributed by atoms with Crippen LogP contribution in [-0.2, 0) is 14.3 Å². The third-order valence-electron chi connectivity index (χ3n) is 3.69. The maximum Gasteiger partial charge on any atom is 0.343 e. The Hall–Kier alpha value is -1.32. The number of hydrogen-bond donors (Lipinski definition) is 0. The summed E-state index contributed by atoms with van der Waals surface area (Å²) in [6, 6.07) is 0.290. The summed E-state index contributed by atoms with van der Waals surface area (Å²) < 4.78 is 5.01. The van der Waals surface area contributed by atoms with Crippen molar-refractivity contribution in [2.24, 2.45) is 0 Å². The second-order valence-corrected chi connectivity index (χ2v) is 4.91. The largest absolute Gasteiger partial charge is 0.462 e. The van der Waals surface area contributed by atoms with Gasteiger partial charge in [0.25, 0.3) is 0 Å². The van der Waals surface area contributed by atoms with E-state index in [-0.39, 0.29) is 11.8 Å². The van der Waals surface area contributed by atoms with Crippen LogP contribution in [0.25, 0.3) is 0 Å². The SMILES string of the molecule is CCC[C@@H]1CC(=O)C(C(=O)OCC)=C2CCCN21. The summed E-state index contributed by atoms with van der Waals surface area (Å²) in [7, 11) is 0. The Kier molecular flexibility index (Phi) is 4.04. The zero-order chi connectivity index (χ0) is 13.1. The number of Topliss-reactive ketones (excluding diaryl/α,β-unsaturated/α-hetero) is 1. The molecule has 1 fully saturated rings. The van der Waals surface area contributed by atoms with Crippen molar-refractivity contribution in [2.75, 3.05) is 13.2 Å². The van der Waals surface area contributed by atoms with Gasteiger partial charge < -0.3 is 9.64 Å². The summed E-state index contributed by atoms with van der Waals surface area (Å²) in [6.45, 7) is 5.19. The highest BCUT2D eigenvalue weighted by Gasteiger charge is 2.38. The van der Waals surface area contributed by atoms with Gasteiger partial charge >= 0.3 is 5.97 Å². The molecule has 2 heterocycles. The second-order valence-electron chi connectivity index (χ2n) is 4.91. The molecule has 4 heteroatoms. The van der Waals surface area contributed by atoms with Crippen molar-refractivity contribution in [1.82, 2.24) is 4.90 Å². The van der Waals surface area contributed by atoms with Gasteiger partial charge in [-0.25, -0.2) is 4.79 Å². The number of ketones is 1. The zero-order valence-corrected chi connectivity index (χ0v) is 11.2. The van der Waals surface area contributed by atoms with Gasteiger partial charge in [0, 0.05) is 24.7 Å². The summed E-state index contributed by atoms with van der Waals surface area (Å²) >= 11 is 0. The smallest absolute Gasteiger partial charge is 0.343 e. The van der Waals surface area contributed by atoms with Crippen LogP contribution in [0, 0.1) is 0 Å². The van der Waals surface area contributed by atoms with Gasteiger partial charge in [-0.2, -0.15) is 0 Å². The fourth-order valence-corrected chi connectivity index (χ4v) is 2.98. The minimum atomic E-state index is -0.431. The van der Waals surface area contributed by atoms with Crippen LogP contribution in [0.5, 0.6) is 0 Å². The number of allylic oxidation sites excluding steroid dienone is 1. The van der Waals surface area contributed by atoms with Crippen LogP contribution >= 0.6 is 0 Å². The Balaban J connectivity index is 2.29. The highest BCUT2D eigenvalue weighted by atomic mass is 16.5. The number of fused-ring (bicyclic) bond motifs is 1. The first-order chi connectivity index (χ1) is 8.69. The molecule has 0 aromatic rings. The van der Waals surface area contributed by atoms with E-state index in [9.17, 15) is 9.59 Å². The number of nitrogens with zero attached hydrogens (tertiary/aromatic N) is 1. The van der Waals surface area contributed by atoms with Crippen molar-refractivity contribution in [3.05, 3.63) is 11.3 Å². The molecule has 1 atom stereocenters. The Bertz CT molecular complexity index is 387.